The van der Waals surface area contributed by atoms with Crippen LogP contribution in [-0.2, 0) is 12.8 Å². The molecule has 3 N–H and O–H groups in total. The standard InChI is InChI=1S/C21H24N6O/c1-12(2)27-11-15(10-24-27)14-7-18-17(4-5-19(18)23-9-14)20-8-16(6-13(3)28)25-21(22)26-20/h4,7-13,28H,5-6H2,1-3H3,(H2,22,25,26). The second kappa shape index (κ2) is 7.16. The van der Waals surface area contributed by atoms with Crippen molar-refractivity contribution >= 4 is 11.5 Å². The smallest absolute Gasteiger partial charge is 0.220 e. The number of hydrogen-bond acceptors (Lipinski definition) is 6. The van der Waals surface area contributed by atoms with Gasteiger partial charge in [-0.05, 0) is 32.9 Å². The first-order chi connectivity index (χ1) is 13.4. The number of fused-ring (bicyclic) bond motifs is 1. The first-order valence-electron chi connectivity index (χ1n) is 9.46. The molecule has 7 heteroatoms. The van der Waals surface area contributed by atoms with E-state index < -0.39 is 6.10 Å². The van der Waals surface area contributed by atoms with Crippen molar-refractivity contribution in [2.75, 3.05) is 5.73 Å². The van der Waals surface area contributed by atoms with Crippen molar-refractivity contribution in [1.29, 1.82) is 0 Å². The third-order valence-corrected chi connectivity index (χ3v) is 4.80. The maximum Gasteiger partial charge on any atom is 0.220 e. The van der Waals surface area contributed by atoms with Crippen LogP contribution in [0.5, 0.6) is 0 Å². The molecule has 1 atom stereocenters. The molecule has 0 spiro atoms. The van der Waals surface area contributed by atoms with Crippen LogP contribution in [-0.4, -0.2) is 35.9 Å². The summed E-state index contributed by atoms with van der Waals surface area (Å²) in [5, 5.41) is 14.1. The Morgan fingerprint density at radius 3 is 2.68 bits per heavy atom. The van der Waals surface area contributed by atoms with Crippen LogP contribution in [0.4, 0.5) is 5.95 Å². The molecule has 0 bridgehead atoms. The lowest BCUT2D eigenvalue weighted by atomic mass is 10.0. The third-order valence-electron chi connectivity index (χ3n) is 4.80. The highest BCUT2D eigenvalue weighted by Gasteiger charge is 2.20. The van der Waals surface area contributed by atoms with Gasteiger partial charge in [-0.3, -0.25) is 9.67 Å². The van der Waals surface area contributed by atoms with Crippen molar-refractivity contribution in [2.45, 2.75) is 45.8 Å². The molecule has 7 nitrogen and oxygen atoms in total. The Bertz CT molecular complexity index is 1050. The molecule has 0 amide bonds. The molecule has 0 aliphatic heterocycles. The Balaban J connectivity index is 1.71. The zero-order valence-corrected chi connectivity index (χ0v) is 16.3. The van der Waals surface area contributed by atoms with Crippen molar-refractivity contribution < 1.29 is 5.11 Å². The van der Waals surface area contributed by atoms with Crippen LogP contribution in [0.15, 0.2) is 36.8 Å². The molecule has 3 aromatic rings. The van der Waals surface area contributed by atoms with Crippen LogP contribution in [0.25, 0.3) is 16.7 Å². The minimum absolute atomic E-state index is 0.213. The first-order valence-corrected chi connectivity index (χ1v) is 9.46. The predicted octanol–water partition coefficient (Wildman–Crippen LogP) is 2.81. The number of nitrogens with zero attached hydrogens (tertiary/aromatic N) is 5. The van der Waals surface area contributed by atoms with Crippen molar-refractivity contribution in [2.24, 2.45) is 0 Å². The van der Waals surface area contributed by atoms with Crippen LogP contribution in [0.3, 0.4) is 0 Å². The van der Waals surface area contributed by atoms with Crippen molar-refractivity contribution in [1.82, 2.24) is 24.7 Å². The Hall–Kier alpha value is -3.06. The Labute approximate surface area is 164 Å². The molecule has 28 heavy (non-hydrogen) atoms. The van der Waals surface area contributed by atoms with Crippen LogP contribution >= 0.6 is 0 Å². The molecule has 1 aliphatic carbocycles. The summed E-state index contributed by atoms with van der Waals surface area (Å²) in [7, 11) is 0. The molecule has 1 unspecified atom stereocenters. The molecule has 3 heterocycles. The SMILES string of the molecule is CC(O)Cc1cc(C2=CCc3ncc(-c4cnn(C(C)C)c4)cc32)nc(N)n1. The van der Waals surface area contributed by atoms with Gasteiger partial charge in [0.15, 0.2) is 0 Å². The van der Waals surface area contributed by atoms with E-state index in [1.165, 1.54) is 0 Å². The number of allylic oxidation sites excluding steroid dienone is 1. The van der Waals surface area contributed by atoms with Gasteiger partial charge in [0, 0.05) is 59.2 Å². The molecular weight excluding hydrogens is 352 g/mol. The summed E-state index contributed by atoms with van der Waals surface area (Å²) >= 11 is 0. The van der Waals surface area contributed by atoms with E-state index in [1.807, 2.05) is 29.3 Å². The van der Waals surface area contributed by atoms with Crippen LogP contribution in [0.1, 0.15) is 49.5 Å². The first kappa shape index (κ1) is 18.3. The quantitative estimate of drug-likeness (QED) is 0.710. The number of nitrogens with two attached hydrogens (primary N) is 1. The molecule has 1 aliphatic rings. The van der Waals surface area contributed by atoms with E-state index >= 15 is 0 Å². The van der Waals surface area contributed by atoms with E-state index in [0.717, 1.165) is 45.8 Å². The second-order valence-corrected chi connectivity index (χ2v) is 7.50. The average Bonchev–Trinajstić information content (AvgIpc) is 3.27. The lowest BCUT2D eigenvalue weighted by Crippen LogP contribution is -2.09. The maximum absolute atomic E-state index is 9.68. The second-order valence-electron chi connectivity index (χ2n) is 7.50. The Morgan fingerprint density at radius 1 is 1.14 bits per heavy atom. The van der Waals surface area contributed by atoms with Gasteiger partial charge in [-0.1, -0.05) is 6.08 Å². The van der Waals surface area contributed by atoms with Crippen LogP contribution in [0, 0.1) is 0 Å². The molecule has 3 aromatic heterocycles. The normalized spacial score (nSPS) is 14.2. The third kappa shape index (κ3) is 3.53. The topological polar surface area (TPSA) is 103 Å². The number of aliphatic hydroxyl groups excluding tert-OH is 1. The van der Waals surface area contributed by atoms with Crippen molar-refractivity contribution in [3.05, 3.63) is 59.4 Å². The van der Waals surface area contributed by atoms with E-state index in [0.29, 0.717) is 12.5 Å². The molecule has 144 valence electrons. The van der Waals surface area contributed by atoms with Crippen LogP contribution in [0.2, 0.25) is 0 Å². The van der Waals surface area contributed by atoms with Gasteiger partial charge in [-0.25, -0.2) is 9.97 Å². The maximum atomic E-state index is 9.68. The summed E-state index contributed by atoms with van der Waals surface area (Å²) in [5.41, 5.74) is 12.5. The summed E-state index contributed by atoms with van der Waals surface area (Å²) in [6, 6.07) is 4.34. The fraction of sp³-hybridized carbons (Fsp3) is 0.333. The summed E-state index contributed by atoms with van der Waals surface area (Å²) in [6.07, 6.45) is 8.62. The number of hydrogen-bond donors (Lipinski definition) is 2. The lowest BCUT2D eigenvalue weighted by molar-refractivity contribution is 0.194. The zero-order valence-electron chi connectivity index (χ0n) is 16.3. The van der Waals surface area contributed by atoms with Gasteiger partial charge in [0.05, 0.1) is 23.7 Å². The van der Waals surface area contributed by atoms with Gasteiger partial charge in [-0.15, -0.1) is 0 Å². The monoisotopic (exact) mass is 376 g/mol. The largest absolute Gasteiger partial charge is 0.393 e. The summed E-state index contributed by atoms with van der Waals surface area (Å²) < 4.78 is 1.94. The highest BCUT2D eigenvalue weighted by atomic mass is 16.3. The highest BCUT2D eigenvalue weighted by molar-refractivity contribution is 5.84. The number of nitrogen functional groups attached to an aromatic ring is 1. The highest BCUT2D eigenvalue weighted by Crippen LogP contribution is 2.34. The lowest BCUT2D eigenvalue weighted by Gasteiger charge is -2.10. The fourth-order valence-corrected chi connectivity index (χ4v) is 3.43. The van der Waals surface area contributed by atoms with Gasteiger partial charge in [0.1, 0.15) is 0 Å². The fourth-order valence-electron chi connectivity index (χ4n) is 3.43. The van der Waals surface area contributed by atoms with E-state index in [-0.39, 0.29) is 5.95 Å². The molecule has 0 radical (unpaired) electrons. The van der Waals surface area contributed by atoms with Gasteiger partial charge in [0.25, 0.3) is 0 Å². The van der Waals surface area contributed by atoms with Gasteiger partial charge < -0.3 is 10.8 Å². The van der Waals surface area contributed by atoms with E-state index in [1.54, 1.807) is 6.92 Å². The van der Waals surface area contributed by atoms with Crippen molar-refractivity contribution in [3.63, 3.8) is 0 Å². The summed E-state index contributed by atoms with van der Waals surface area (Å²) in [6.45, 7) is 5.93. The van der Waals surface area contributed by atoms with E-state index in [2.05, 4.69) is 46.0 Å². The Kier molecular flexibility index (Phi) is 4.68. The summed E-state index contributed by atoms with van der Waals surface area (Å²) in [4.78, 5) is 13.3. The van der Waals surface area contributed by atoms with Gasteiger partial charge >= 0.3 is 0 Å². The predicted molar refractivity (Wildman–Crippen MR) is 108 cm³/mol. The number of aromatic nitrogens is 5. The molecule has 0 saturated heterocycles. The minimum Gasteiger partial charge on any atom is -0.393 e. The molecule has 4 rings (SSSR count). The number of aliphatic hydroxyl groups is 1. The van der Waals surface area contributed by atoms with Gasteiger partial charge in [0.2, 0.25) is 5.95 Å². The van der Waals surface area contributed by atoms with Gasteiger partial charge in [-0.2, -0.15) is 5.10 Å². The Morgan fingerprint density at radius 2 is 1.96 bits per heavy atom. The van der Waals surface area contributed by atoms with Crippen LogP contribution < -0.4 is 5.73 Å². The molecule has 0 aromatic carbocycles. The van der Waals surface area contributed by atoms with E-state index in [9.17, 15) is 5.11 Å². The summed E-state index contributed by atoms with van der Waals surface area (Å²) in [5.74, 6) is 0.213. The molecular formula is C21H24N6O. The number of pyridine rings is 1. The molecule has 0 saturated carbocycles. The van der Waals surface area contributed by atoms with E-state index in [4.69, 9.17) is 5.73 Å². The average molecular weight is 376 g/mol. The zero-order chi connectivity index (χ0) is 19.8. The minimum atomic E-state index is -0.488. The molecule has 0 fully saturated rings. The number of rotatable bonds is 5. The van der Waals surface area contributed by atoms with Crippen molar-refractivity contribution in [3.8, 4) is 11.1 Å². The number of anilines is 1.